The smallest absolute Gasteiger partial charge is 0.335 e. The minimum absolute atomic E-state index is 0.118. The highest BCUT2D eigenvalue weighted by molar-refractivity contribution is 14.1. The number of benzene rings is 1. The Morgan fingerprint density at radius 3 is 2.75 bits per heavy atom. The Labute approximate surface area is 130 Å². The third kappa shape index (κ3) is 4.97. The second-order valence-electron chi connectivity index (χ2n) is 3.99. The zero-order valence-electron chi connectivity index (χ0n) is 11.2. The molecule has 2 N–H and O–H groups in total. The maximum atomic E-state index is 11.7. The second-order valence-corrected chi connectivity index (χ2v) is 5.16. The Bertz CT molecular complexity index is 492. The van der Waals surface area contributed by atoms with Crippen LogP contribution >= 0.6 is 22.6 Å². The molecule has 0 aliphatic heterocycles. The van der Waals surface area contributed by atoms with Gasteiger partial charge in [0.25, 0.3) is 5.91 Å². The van der Waals surface area contributed by atoms with Gasteiger partial charge in [-0.2, -0.15) is 0 Å². The van der Waals surface area contributed by atoms with Crippen LogP contribution in [0.15, 0.2) is 18.2 Å². The number of ether oxygens (including phenoxy) is 2. The van der Waals surface area contributed by atoms with E-state index in [2.05, 4.69) is 5.32 Å². The van der Waals surface area contributed by atoms with Crippen LogP contribution in [0.5, 0.6) is 5.75 Å². The Balaban J connectivity index is 2.69. The van der Waals surface area contributed by atoms with Crippen molar-refractivity contribution in [2.24, 2.45) is 0 Å². The summed E-state index contributed by atoms with van der Waals surface area (Å²) < 4.78 is 11.1. The number of rotatable bonds is 7. The van der Waals surface area contributed by atoms with Crippen LogP contribution in [0.1, 0.15) is 17.3 Å². The van der Waals surface area contributed by atoms with E-state index in [1.807, 2.05) is 22.6 Å². The predicted molar refractivity (Wildman–Crippen MR) is 81.1 cm³/mol. The van der Waals surface area contributed by atoms with Gasteiger partial charge in [0.15, 0.2) is 6.10 Å². The summed E-state index contributed by atoms with van der Waals surface area (Å²) >= 11 is 2.02. The van der Waals surface area contributed by atoms with E-state index in [0.29, 0.717) is 18.9 Å². The number of carboxylic acids is 1. The van der Waals surface area contributed by atoms with Gasteiger partial charge in [0.2, 0.25) is 0 Å². The SMILES string of the molecule is COCCNC(=O)C(C)Oc1cc(C(=O)O)ccc1I. The summed E-state index contributed by atoms with van der Waals surface area (Å²) in [7, 11) is 1.55. The van der Waals surface area contributed by atoms with Crippen molar-refractivity contribution in [1.82, 2.24) is 5.32 Å². The molecule has 0 heterocycles. The lowest BCUT2D eigenvalue weighted by Gasteiger charge is -2.16. The van der Waals surface area contributed by atoms with Crippen LogP contribution in [0.3, 0.4) is 0 Å². The fourth-order valence-corrected chi connectivity index (χ4v) is 1.85. The third-order valence-corrected chi connectivity index (χ3v) is 3.35. The Morgan fingerprint density at radius 2 is 2.15 bits per heavy atom. The molecule has 1 unspecified atom stereocenters. The zero-order chi connectivity index (χ0) is 15.1. The van der Waals surface area contributed by atoms with Crippen LogP contribution in [0.25, 0.3) is 0 Å². The molecule has 1 aromatic carbocycles. The lowest BCUT2D eigenvalue weighted by Crippen LogP contribution is -2.38. The van der Waals surface area contributed by atoms with Gasteiger partial charge < -0.3 is 19.9 Å². The molecule has 0 saturated heterocycles. The monoisotopic (exact) mass is 393 g/mol. The Morgan fingerprint density at radius 1 is 1.45 bits per heavy atom. The number of hydrogen-bond acceptors (Lipinski definition) is 4. The van der Waals surface area contributed by atoms with Gasteiger partial charge in [0.1, 0.15) is 5.75 Å². The number of methoxy groups -OCH3 is 1. The van der Waals surface area contributed by atoms with E-state index < -0.39 is 12.1 Å². The van der Waals surface area contributed by atoms with Crippen LogP contribution in [-0.2, 0) is 9.53 Å². The molecule has 1 atom stereocenters. The first kappa shape index (κ1) is 16.7. The lowest BCUT2D eigenvalue weighted by atomic mass is 10.2. The molecule has 6 nitrogen and oxygen atoms in total. The predicted octanol–water partition coefficient (Wildman–Crippen LogP) is 1.52. The van der Waals surface area contributed by atoms with Gasteiger partial charge >= 0.3 is 5.97 Å². The van der Waals surface area contributed by atoms with Crippen LogP contribution in [0.2, 0.25) is 0 Å². The first-order valence-electron chi connectivity index (χ1n) is 5.92. The molecule has 0 saturated carbocycles. The first-order valence-corrected chi connectivity index (χ1v) is 6.99. The van der Waals surface area contributed by atoms with Crippen molar-refractivity contribution in [3.63, 3.8) is 0 Å². The van der Waals surface area contributed by atoms with E-state index >= 15 is 0 Å². The van der Waals surface area contributed by atoms with Crippen molar-refractivity contribution in [1.29, 1.82) is 0 Å². The largest absolute Gasteiger partial charge is 0.480 e. The third-order valence-electron chi connectivity index (χ3n) is 2.46. The van der Waals surface area contributed by atoms with E-state index in [1.54, 1.807) is 20.1 Å². The topological polar surface area (TPSA) is 84.9 Å². The summed E-state index contributed by atoms with van der Waals surface area (Å²) in [4.78, 5) is 22.6. The number of nitrogens with one attached hydrogen (secondary N) is 1. The van der Waals surface area contributed by atoms with Gasteiger partial charge in [0.05, 0.1) is 15.7 Å². The molecule has 110 valence electrons. The van der Waals surface area contributed by atoms with Gasteiger partial charge in [-0.15, -0.1) is 0 Å². The molecule has 1 aromatic rings. The van der Waals surface area contributed by atoms with E-state index in [1.165, 1.54) is 12.1 Å². The molecule has 0 aromatic heterocycles. The molecule has 0 aliphatic rings. The van der Waals surface area contributed by atoms with Crippen molar-refractivity contribution < 1.29 is 24.2 Å². The van der Waals surface area contributed by atoms with Crippen molar-refractivity contribution in [3.8, 4) is 5.75 Å². The van der Waals surface area contributed by atoms with Crippen LogP contribution in [0, 0.1) is 3.57 Å². The van der Waals surface area contributed by atoms with Gasteiger partial charge in [-0.3, -0.25) is 4.79 Å². The summed E-state index contributed by atoms with van der Waals surface area (Å²) in [5, 5.41) is 11.6. The molecule has 20 heavy (non-hydrogen) atoms. The normalized spacial score (nSPS) is 11.8. The van der Waals surface area contributed by atoms with Gasteiger partial charge in [-0.25, -0.2) is 4.79 Å². The number of aromatic carboxylic acids is 1. The molecular formula is C13H16INO5. The first-order chi connectivity index (χ1) is 9.45. The maximum absolute atomic E-state index is 11.7. The fraction of sp³-hybridized carbons (Fsp3) is 0.385. The quantitative estimate of drug-likeness (QED) is 0.542. The number of amides is 1. The number of carbonyl (C=O) groups excluding carboxylic acids is 1. The van der Waals surface area contributed by atoms with Gasteiger partial charge in [0, 0.05) is 13.7 Å². The molecule has 1 amide bonds. The van der Waals surface area contributed by atoms with Gasteiger partial charge in [-0.05, 0) is 47.7 Å². The average Bonchev–Trinajstić information content (AvgIpc) is 2.41. The molecule has 7 heteroatoms. The highest BCUT2D eigenvalue weighted by Crippen LogP contribution is 2.23. The highest BCUT2D eigenvalue weighted by atomic mass is 127. The number of carbonyl (C=O) groups is 2. The molecule has 0 aliphatic carbocycles. The highest BCUT2D eigenvalue weighted by Gasteiger charge is 2.16. The number of halogens is 1. The van der Waals surface area contributed by atoms with E-state index in [4.69, 9.17) is 14.6 Å². The standard InChI is InChI=1S/C13H16INO5/c1-8(12(16)15-5-6-19-2)20-11-7-9(13(17)18)3-4-10(11)14/h3-4,7-8H,5-6H2,1-2H3,(H,15,16)(H,17,18). The minimum atomic E-state index is -1.04. The zero-order valence-corrected chi connectivity index (χ0v) is 13.3. The molecule has 0 spiro atoms. The maximum Gasteiger partial charge on any atom is 0.335 e. The number of hydrogen-bond donors (Lipinski definition) is 2. The Kier molecular flexibility index (Phi) is 6.73. The lowest BCUT2D eigenvalue weighted by molar-refractivity contribution is -0.127. The number of carboxylic acid groups (broad SMARTS) is 1. The summed E-state index contributed by atoms with van der Waals surface area (Å²) in [6.07, 6.45) is -0.718. The van der Waals surface area contributed by atoms with Crippen LogP contribution in [-0.4, -0.2) is 43.3 Å². The summed E-state index contributed by atoms with van der Waals surface area (Å²) in [6.45, 7) is 2.42. The van der Waals surface area contributed by atoms with Crippen molar-refractivity contribution in [3.05, 3.63) is 27.3 Å². The Hall–Kier alpha value is -1.35. The summed E-state index contributed by atoms with van der Waals surface area (Å²) in [5.41, 5.74) is 0.118. The van der Waals surface area contributed by atoms with Gasteiger partial charge in [-0.1, -0.05) is 0 Å². The molecule has 0 radical (unpaired) electrons. The molecule has 0 bridgehead atoms. The van der Waals surface area contributed by atoms with E-state index in [-0.39, 0.29) is 11.5 Å². The van der Waals surface area contributed by atoms with Crippen molar-refractivity contribution in [2.75, 3.05) is 20.3 Å². The fourth-order valence-electron chi connectivity index (χ4n) is 1.39. The molecular weight excluding hydrogens is 377 g/mol. The average molecular weight is 393 g/mol. The van der Waals surface area contributed by atoms with E-state index in [9.17, 15) is 9.59 Å². The minimum Gasteiger partial charge on any atom is -0.480 e. The van der Waals surface area contributed by atoms with E-state index in [0.717, 1.165) is 3.57 Å². The summed E-state index contributed by atoms with van der Waals surface area (Å²) in [6, 6.07) is 4.53. The van der Waals surface area contributed by atoms with Crippen molar-refractivity contribution in [2.45, 2.75) is 13.0 Å². The molecule has 1 rings (SSSR count). The van der Waals surface area contributed by atoms with Crippen molar-refractivity contribution >= 4 is 34.5 Å². The van der Waals surface area contributed by atoms with Crippen LogP contribution in [0.4, 0.5) is 0 Å². The second kappa shape index (κ2) is 8.05. The summed E-state index contributed by atoms with van der Waals surface area (Å²) in [5.74, 6) is -0.943. The van der Waals surface area contributed by atoms with Crippen LogP contribution < -0.4 is 10.1 Å². The molecule has 0 fully saturated rings.